The lowest BCUT2D eigenvalue weighted by Gasteiger charge is -2.08. The normalized spacial score (nSPS) is 10.9. The molecule has 0 radical (unpaired) electrons. The number of hydrogen-bond acceptors (Lipinski definition) is 7. The summed E-state index contributed by atoms with van der Waals surface area (Å²) in [7, 11) is 6.30. The second-order valence-electron chi connectivity index (χ2n) is 6.58. The highest BCUT2D eigenvalue weighted by Crippen LogP contribution is 2.31. The van der Waals surface area contributed by atoms with E-state index >= 15 is 0 Å². The molecule has 10 nitrogen and oxygen atoms in total. The summed E-state index contributed by atoms with van der Waals surface area (Å²) in [6.07, 6.45) is 3.48. The number of aryl methyl sites for hydroxylation is 2. The summed E-state index contributed by atoms with van der Waals surface area (Å²) in [5, 5.41) is 10.9. The second kappa shape index (κ2) is 8.31. The van der Waals surface area contributed by atoms with Gasteiger partial charge < -0.3 is 24.7 Å². The van der Waals surface area contributed by atoms with Crippen LogP contribution in [0.2, 0.25) is 0 Å². The van der Waals surface area contributed by atoms with Gasteiger partial charge in [0.1, 0.15) is 12.3 Å². The number of rotatable bonds is 7. The van der Waals surface area contributed by atoms with Gasteiger partial charge in [-0.1, -0.05) is 0 Å². The van der Waals surface area contributed by atoms with E-state index in [-0.39, 0.29) is 18.2 Å². The molecule has 0 fully saturated rings. The summed E-state index contributed by atoms with van der Waals surface area (Å²) in [4.78, 5) is 28.9. The van der Waals surface area contributed by atoms with Crippen molar-refractivity contribution in [3.63, 3.8) is 0 Å². The highest BCUT2D eigenvalue weighted by Gasteiger charge is 2.24. The van der Waals surface area contributed by atoms with Gasteiger partial charge in [0.05, 0.1) is 30.9 Å². The largest absolute Gasteiger partial charge is 0.464 e. The molecule has 10 heteroatoms. The number of nitrogens with zero attached hydrogens (tertiary/aromatic N) is 4. The summed E-state index contributed by atoms with van der Waals surface area (Å²) >= 11 is 0. The molecule has 0 saturated carbocycles. The van der Waals surface area contributed by atoms with Crippen molar-refractivity contribution >= 4 is 34.3 Å². The van der Waals surface area contributed by atoms with E-state index < -0.39 is 5.97 Å². The molecule has 0 aliphatic rings. The van der Waals surface area contributed by atoms with Crippen LogP contribution in [-0.2, 0) is 34.9 Å². The van der Waals surface area contributed by atoms with Gasteiger partial charge in [-0.3, -0.25) is 9.48 Å². The van der Waals surface area contributed by atoms with Crippen LogP contribution < -0.4 is 10.6 Å². The Morgan fingerprint density at radius 1 is 1.21 bits per heavy atom. The van der Waals surface area contributed by atoms with E-state index in [4.69, 9.17) is 9.47 Å². The van der Waals surface area contributed by atoms with Crippen molar-refractivity contribution in [2.75, 3.05) is 31.5 Å². The Morgan fingerprint density at radius 2 is 1.97 bits per heavy atom. The number of ether oxygens (including phenoxy) is 2. The van der Waals surface area contributed by atoms with E-state index in [2.05, 4.69) is 20.7 Å². The summed E-state index contributed by atoms with van der Waals surface area (Å²) < 4.78 is 13.2. The number of methoxy groups -OCH3 is 2. The maximum Gasteiger partial charge on any atom is 0.356 e. The van der Waals surface area contributed by atoms with E-state index in [1.807, 2.05) is 30.9 Å². The van der Waals surface area contributed by atoms with Crippen LogP contribution in [0.4, 0.5) is 11.4 Å². The van der Waals surface area contributed by atoms with Crippen molar-refractivity contribution in [1.82, 2.24) is 19.3 Å². The molecule has 3 rings (SSSR count). The first-order valence-electron chi connectivity index (χ1n) is 8.94. The van der Waals surface area contributed by atoms with Crippen LogP contribution in [0.1, 0.15) is 21.7 Å². The molecule has 3 aromatic heterocycles. The first kappa shape index (κ1) is 20.3. The molecule has 0 aliphatic carbocycles. The van der Waals surface area contributed by atoms with Gasteiger partial charge in [0, 0.05) is 44.4 Å². The van der Waals surface area contributed by atoms with Gasteiger partial charge in [0.2, 0.25) is 5.91 Å². The van der Waals surface area contributed by atoms with Crippen molar-refractivity contribution in [3.05, 3.63) is 35.4 Å². The quantitative estimate of drug-likeness (QED) is 0.579. The molecular weight excluding hydrogens is 376 g/mol. The third-order valence-corrected chi connectivity index (χ3v) is 4.76. The Balaban J connectivity index is 1.99. The van der Waals surface area contributed by atoms with Crippen LogP contribution in [0.5, 0.6) is 0 Å². The molecule has 3 aromatic rings. The SMILES string of the molecule is COCC(=O)Nc1c(C(=O)OC)n(C)c2ncc(NCc3cnn(C)c3C)cc12. The van der Waals surface area contributed by atoms with E-state index in [0.29, 0.717) is 23.3 Å². The average molecular weight is 400 g/mol. The number of nitrogens with one attached hydrogen (secondary N) is 2. The summed E-state index contributed by atoms with van der Waals surface area (Å²) in [6, 6.07) is 1.84. The Labute approximate surface area is 167 Å². The average Bonchev–Trinajstić information content (AvgIpc) is 3.16. The highest BCUT2D eigenvalue weighted by atomic mass is 16.5. The zero-order chi connectivity index (χ0) is 21.1. The van der Waals surface area contributed by atoms with Gasteiger partial charge in [-0.2, -0.15) is 5.10 Å². The number of carbonyl (C=O) groups excluding carboxylic acids is 2. The van der Waals surface area contributed by atoms with Gasteiger partial charge in [0.15, 0.2) is 5.69 Å². The molecule has 0 spiro atoms. The maximum absolute atomic E-state index is 12.3. The zero-order valence-electron chi connectivity index (χ0n) is 17.1. The lowest BCUT2D eigenvalue weighted by Crippen LogP contribution is -2.19. The smallest absolute Gasteiger partial charge is 0.356 e. The first-order chi connectivity index (χ1) is 13.9. The zero-order valence-corrected chi connectivity index (χ0v) is 17.1. The van der Waals surface area contributed by atoms with Gasteiger partial charge in [-0.25, -0.2) is 9.78 Å². The standard InChI is InChI=1S/C19H24N6O4/c1-11-12(8-22-25(11)3)7-20-13-6-14-16(23-15(26)10-28-4)17(19(27)29-5)24(2)18(14)21-9-13/h6,8-9,20H,7,10H2,1-5H3,(H,23,26). The number of aromatic nitrogens is 4. The molecule has 0 aromatic carbocycles. The Hall–Kier alpha value is -3.40. The fraction of sp³-hybridized carbons (Fsp3) is 0.368. The number of anilines is 2. The van der Waals surface area contributed by atoms with Crippen molar-refractivity contribution in [1.29, 1.82) is 0 Å². The molecule has 29 heavy (non-hydrogen) atoms. The molecular formula is C19H24N6O4. The van der Waals surface area contributed by atoms with Crippen molar-refractivity contribution in [2.45, 2.75) is 13.5 Å². The minimum Gasteiger partial charge on any atom is -0.464 e. The lowest BCUT2D eigenvalue weighted by molar-refractivity contribution is -0.119. The number of hydrogen-bond donors (Lipinski definition) is 2. The molecule has 2 N–H and O–H groups in total. The number of pyridine rings is 1. The minimum absolute atomic E-state index is 0.136. The number of esters is 1. The predicted molar refractivity (Wildman–Crippen MR) is 108 cm³/mol. The van der Waals surface area contributed by atoms with Crippen molar-refractivity contribution in [3.8, 4) is 0 Å². The minimum atomic E-state index is -0.571. The molecule has 0 unspecified atom stereocenters. The molecule has 0 atom stereocenters. The number of fused-ring (bicyclic) bond motifs is 1. The predicted octanol–water partition coefficient (Wildman–Crippen LogP) is 1.60. The Morgan fingerprint density at radius 3 is 2.59 bits per heavy atom. The monoisotopic (exact) mass is 400 g/mol. The third kappa shape index (κ3) is 3.92. The van der Waals surface area contributed by atoms with E-state index in [9.17, 15) is 9.59 Å². The number of amides is 1. The van der Waals surface area contributed by atoms with Gasteiger partial charge >= 0.3 is 5.97 Å². The van der Waals surface area contributed by atoms with E-state index in [1.165, 1.54) is 14.2 Å². The van der Waals surface area contributed by atoms with E-state index in [0.717, 1.165) is 16.9 Å². The van der Waals surface area contributed by atoms with Crippen LogP contribution in [-0.4, -0.2) is 52.0 Å². The van der Waals surface area contributed by atoms with Crippen LogP contribution in [0, 0.1) is 6.92 Å². The maximum atomic E-state index is 12.3. The molecule has 0 aliphatic heterocycles. The fourth-order valence-electron chi connectivity index (χ4n) is 3.09. The molecule has 1 amide bonds. The number of carbonyl (C=O) groups is 2. The fourth-order valence-corrected chi connectivity index (χ4v) is 3.09. The molecule has 154 valence electrons. The Kier molecular flexibility index (Phi) is 5.83. The van der Waals surface area contributed by atoms with E-state index in [1.54, 1.807) is 17.8 Å². The Bertz CT molecular complexity index is 1070. The summed E-state index contributed by atoms with van der Waals surface area (Å²) in [5.41, 5.74) is 3.95. The van der Waals surface area contributed by atoms with Crippen molar-refractivity contribution in [2.24, 2.45) is 14.1 Å². The summed E-state index contributed by atoms with van der Waals surface area (Å²) in [6.45, 7) is 2.42. The molecule has 0 bridgehead atoms. The third-order valence-electron chi connectivity index (χ3n) is 4.76. The molecule has 3 heterocycles. The topological polar surface area (TPSA) is 112 Å². The second-order valence-corrected chi connectivity index (χ2v) is 6.58. The summed E-state index contributed by atoms with van der Waals surface area (Å²) in [5.74, 6) is -0.951. The van der Waals surface area contributed by atoms with Crippen molar-refractivity contribution < 1.29 is 19.1 Å². The van der Waals surface area contributed by atoms with Gasteiger partial charge in [-0.05, 0) is 13.0 Å². The van der Waals surface area contributed by atoms with Gasteiger partial charge in [-0.15, -0.1) is 0 Å². The molecule has 0 saturated heterocycles. The van der Waals surface area contributed by atoms with Gasteiger partial charge in [0.25, 0.3) is 0 Å². The van der Waals surface area contributed by atoms with Crippen LogP contribution in [0.15, 0.2) is 18.5 Å². The first-order valence-corrected chi connectivity index (χ1v) is 8.94. The van der Waals surface area contributed by atoms with Crippen LogP contribution in [0.25, 0.3) is 11.0 Å². The van der Waals surface area contributed by atoms with Crippen LogP contribution >= 0.6 is 0 Å². The van der Waals surface area contributed by atoms with Crippen LogP contribution in [0.3, 0.4) is 0 Å². The lowest BCUT2D eigenvalue weighted by atomic mass is 10.2. The highest BCUT2D eigenvalue weighted by molar-refractivity contribution is 6.11.